The summed E-state index contributed by atoms with van der Waals surface area (Å²) in [7, 11) is 0. The largest absolute Gasteiger partial charge is 0.338 e. The van der Waals surface area contributed by atoms with Crippen molar-refractivity contribution < 1.29 is 4.79 Å². The Bertz CT molecular complexity index is 487. The normalized spacial score (nSPS) is 18.4. The smallest absolute Gasteiger partial charge is 0.317 e. The summed E-state index contributed by atoms with van der Waals surface area (Å²) in [5.74, 6) is 3.36. The SMILES string of the molecule is CSC[C@@H]1CCCN(C(=O)NCCCn2ccnc2C(C)C)C1. The highest BCUT2D eigenvalue weighted by atomic mass is 32.2. The van der Waals surface area contributed by atoms with Crippen molar-refractivity contribution in [2.45, 2.75) is 45.6 Å². The lowest BCUT2D eigenvalue weighted by molar-refractivity contribution is 0.170. The van der Waals surface area contributed by atoms with E-state index in [2.05, 4.69) is 35.0 Å². The van der Waals surface area contributed by atoms with Crippen LogP contribution in [-0.4, -0.2) is 52.1 Å². The minimum absolute atomic E-state index is 0.102. The fourth-order valence-corrected chi connectivity index (χ4v) is 3.93. The van der Waals surface area contributed by atoms with Crippen molar-refractivity contribution in [1.29, 1.82) is 0 Å². The molecule has 23 heavy (non-hydrogen) atoms. The molecule has 130 valence electrons. The third-order valence-corrected chi connectivity index (χ3v) is 5.13. The van der Waals surface area contributed by atoms with Crippen LogP contribution in [0, 0.1) is 5.92 Å². The molecule has 1 aliphatic heterocycles. The molecular formula is C17H30N4OS. The quantitative estimate of drug-likeness (QED) is 0.777. The van der Waals surface area contributed by atoms with Crippen molar-refractivity contribution in [2.75, 3.05) is 31.6 Å². The zero-order valence-corrected chi connectivity index (χ0v) is 15.4. The molecule has 1 atom stereocenters. The summed E-state index contributed by atoms with van der Waals surface area (Å²) in [6.45, 7) is 7.74. The van der Waals surface area contributed by atoms with Gasteiger partial charge in [0.2, 0.25) is 0 Å². The Kier molecular flexibility index (Phi) is 7.27. The fraction of sp³-hybridized carbons (Fsp3) is 0.765. The average Bonchev–Trinajstić information content (AvgIpc) is 3.00. The second-order valence-corrected chi connectivity index (χ2v) is 7.54. The fourth-order valence-electron chi connectivity index (χ4n) is 3.19. The first-order valence-electron chi connectivity index (χ1n) is 8.64. The first-order valence-corrected chi connectivity index (χ1v) is 10.0. The molecule has 1 N–H and O–H groups in total. The number of hydrogen-bond acceptors (Lipinski definition) is 3. The Labute approximate surface area is 144 Å². The van der Waals surface area contributed by atoms with Crippen LogP contribution in [0.3, 0.4) is 0 Å². The topological polar surface area (TPSA) is 50.2 Å². The van der Waals surface area contributed by atoms with Gasteiger partial charge < -0.3 is 14.8 Å². The van der Waals surface area contributed by atoms with Gasteiger partial charge in [-0.1, -0.05) is 13.8 Å². The number of aromatic nitrogens is 2. The van der Waals surface area contributed by atoms with Crippen molar-refractivity contribution in [3.8, 4) is 0 Å². The van der Waals surface area contributed by atoms with E-state index < -0.39 is 0 Å². The second kappa shape index (κ2) is 9.21. The van der Waals surface area contributed by atoms with Crippen LogP contribution in [0.2, 0.25) is 0 Å². The number of carbonyl (C=O) groups is 1. The first-order chi connectivity index (χ1) is 11.1. The van der Waals surface area contributed by atoms with E-state index in [0.29, 0.717) is 11.8 Å². The minimum Gasteiger partial charge on any atom is -0.338 e. The summed E-state index contributed by atoms with van der Waals surface area (Å²) >= 11 is 1.88. The van der Waals surface area contributed by atoms with Gasteiger partial charge in [0.1, 0.15) is 5.82 Å². The summed E-state index contributed by atoms with van der Waals surface area (Å²) in [5, 5.41) is 3.07. The van der Waals surface area contributed by atoms with E-state index in [1.54, 1.807) is 0 Å². The van der Waals surface area contributed by atoms with Gasteiger partial charge in [-0.2, -0.15) is 11.8 Å². The van der Waals surface area contributed by atoms with Crippen LogP contribution in [0.15, 0.2) is 12.4 Å². The number of aryl methyl sites for hydroxylation is 1. The van der Waals surface area contributed by atoms with Crippen molar-refractivity contribution in [1.82, 2.24) is 19.8 Å². The predicted molar refractivity (Wildman–Crippen MR) is 97.0 cm³/mol. The molecule has 6 heteroatoms. The van der Waals surface area contributed by atoms with Gasteiger partial charge in [-0.25, -0.2) is 9.78 Å². The number of carbonyl (C=O) groups excluding carboxylic acids is 1. The molecule has 1 aromatic rings. The lowest BCUT2D eigenvalue weighted by Gasteiger charge is -2.32. The molecule has 0 aromatic carbocycles. The molecule has 2 amide bonds. The van der Waals surface area contributed by atoms with Crippen molar-refractivity contribution in [2.24, 2.45) is 5.92 Å². The van der Waals surface area contributed by atoms with Crippen molar-refractivity contribution in [3.05, 3.63) is 18.2 Å². The number of likely N-dealkylation sites (tertiary alicyclic amines) is 1. The zero-order valence-electron chi connectivity index (χ0n) is 14.6. The minimum atomic E-state index is 0.102. The molecule has 1 aromatic heterocycles. The molecule has 1 aliphatic rings. The van der Waals surface area contributed by atoms with Crippen LogP contribution in [-0.2, 0) is 6.54 Å². The summed E-state index contributed by atoms with van der Waals surface area (Å²) < 4.78 is 2.19. The van der Waals surface area contributed by atoms with E-state index in [1.807, 2.05) is 29.1 Å². The summed E-state index contributed by atoms with van der Waals surface area (Å²) in [6, 6.07) is 0.102. The van der Waals surface area contributed by atoms with Gasteiger partial charge >= 0.3 is 6.03 Å². The maximum atomic E-state index is 12.3. The van der Waals surface area contributed by atoms with Crippen molar-refractivity contribution in [3.63, 3.8) is 0 Å². The summed E-state index contributed by atoms with van der Waals surface area (Å²) in [4.78, 5) is 18.7. The molecule has 0 saturated carbocycles. The average molecular weight is 339 g/mol. The molecule has 5 nitrogen and oxygen atoms in total. The lowest BCUT2D eigenvalue weighted by atomic mass is 10.0. The Morgan fingerprint density at radius 3 is 3.09 bits per heavy atom. The third-order valence-electron chi connectivity index (χ3n) is 4.32. The van der Waals surface area contributed by atoms with Gasteiger partial charge in [-0.05, 0) is 37.2 Å². The van der Waals surface area contributed by atoms with E-state index in [1.165, 1.54) is 6.42 Å². The number of hydrogen-bond donors (Lipinski definition) is 1. The van der Waals surface area contributed by atoms with Gasteiger partial charge in [0.25, 0.3) is 0 Å². The molecule has 0 spiro atoms. The summed E-state index contributed by atoms with van der Waals surface area (Å²) in [6.07, 6.45) is 9.33. The molecule has 0 radical (unpaired) electrons. The molecular weight excluding hydrogens is 308 g/mol. The van der Waals surface area contributed by atoms with Crippen LogP contribution in [0.4, 0.5) is 4.79 Å². The highest BCUT2D eigenvalue weighted by molar-refractivity contribution is 7.98. The third kappa shape index (κ3) is 5.44. The monoisotopic (exact) mass is 338 g/mol. The van der Waals surface area contributed by atoms with Crippen LogP contribution >= 0.6 is 11.8 Å². The van der Waals surface area contributed by atoms with Crippen LogP contribution < -0.4 is 5.32 Å². The molecule has 1 saturated heterocycles. The van der Waals surface area contributed by atoms with E-state index in [9.17, 15) is 4.79 Å². The number of imidazole rings is 1. The van der Waals surface area contributed by atoms with Gasteiger partial charge in [-0.15, -0.1) is 0 Å². The number of urea groups is 1. The van der Waals surface area contributed by atoms with Gasteiger partial charge in [-0.3, -0.25) is 0 Å². The molecule has 1 fully saturated rings. The van der Waals surface area contributed by atoms with E-state index in [-0.39, 0.29) is 6.03 Å². The number of piperidine rings is 1. The van der Waals surface area contributed by atoms with E-state index in [4.69, 9.17) is 0 Å². The van der Waals surface area contributed by atoms with Gasteiger partial charge in [0, 0.05) is 44.5 Å². The number of nitrogens with one attached hydrogen (secondary N) is 1. The molecule has 0 aliphatic carbocycles. The summed E-state index contributed by atoms with van der Waals surface area (Å²) in [5.41, 5.74) is 0. The van der Waals surface area contributed by atoms with E-state index in [0.717, 1.165) is 50.6 Å². The molecule has 0 unspecified atom stereocenters. The number of nitrogens with zero attached hydrogens (tertiary/aromatic N) is 3. The second-order valence-electron chi connectivity index (χ2n) is 6.63. The standard InChI is InChI=1S/C17H30N4OS/c1-14(2)16-18-8-11-20(16)10-5-7-19-17(22)21-9-4-6-15(12-21)13-23-3/h8,11,14-15H,4-7,9-10,12-13H2,1-3H3,(H,19,22)/t15-/m1/s1. The zero-order chi connectivity index (χ0) is 16.7. The Hall–Kier alpha value is -1.17. The van der Waals surface area contributed by atoms with Gasteiger partial charge in [0.05, 0.1) is 0 Å². The van der Waals surface area contributed by atoms with Crippen molar-refractivity contribution >= 4 is 17.8 Å². The Morgan fingerprint density at radius 2 is 2.35 bits per heavy atom. The maximum Gasteiger partial charge on any atom is 0.317 e. The van der Waals surface area contributed by atoms with Crippen LogP contribution in [0.25, 0.3) is 0 Å². The lowest BCUT2D eigenvalue weighted by Crippen LogP contribution is -2.46. The maximum absolute atomic E-state index is 12.3. The Balaban J connectivity index is 1.69. The first kappa shape index (κ1) is 18.2. The van der Waals surface area contributed by atoms with Crippen LogP contribution in [0.5, 0.6) is 0 Å². The predicted octanol–water partition coefficient (Wildman–Crippen LogP) is 3.18. The Morgan fingerprint density at radius 1 is 1.52 bits per heavy atom. The highest BCUT2D eigenvalue weighted by Gasteiger charge is 2.22. The van der Waals surface area contributed by atoms with Gasteiger partial charge in [0.15, 0.2) is 0 Å². The molecule has 2 heterocycles. The number of amides is 2. The molecule has 2 rings (SSSR count). The number of rotatable bonds is 7. The highest BCUT2D eigenvalue weighted by Crippen LogP contribution is 2.19. The van der Waals surface area contributed by atoms with E-state index >= 15 is 0 Å². The van der Waals surface area contributed by atoms with Crippen LogP contribution in [0.1, 0.15) is 44.9 Å². The number of thioether (sulfide) groups is 1. The molecule has 0 bridgehead atoms.